The molecule has 110 valence electrons. The molecule has 1 aromatic rings. The van der Waals surface area contributed by atoms with Gasteiger partial charge in [-0.1, -0.05) is 11.8 Å². The fraction of sp³-hybridized carbons (Fsp3) is 0.818. The zero-order valence-corrected chi connectivity index (χ0v) is 12.3. The van der Waals surface area contributed by atoms with Gasteiger partial charge in [0.1, 0.15) is 5.82 Å². The second-order valence-corrected chi connectivity index (χ2v) is 4.79. The summed E-state index contributed by atoms with van der Waals surface area (Å²) in [5.41, 5.74) is 5.53. The first-order valence-corrected chi connectivity index (χ1v) is 7.13. The maximum absolute atomic E-state index is 5.53. The number of nitrogens with zero attached hydrogens (tertiary/aromatic N) is 3. The molecule has 0 atom stereocenters. The SMILES string of the molecule is COCCOCCOCCSc1nnc(CN)n1C. The largest absolute Gasteiger partial charge is 0.382 e. The smallest absolute Gasteiger partial charge is 0.191 e. The molecule has 0 unspecified atom stereocenters. The highest BCUT2D eigenvalue weighted by Crippen LogP contribution is 2.14. The number of hydrogen-bond donors (Lipinski definition) is 1. The van der Waals surface area contributed by atoms with Gasteiger partial charge in [0, 0.05) is 19.9 Å². The van der Waals surface area contributed by atoms with Gasteiger partial charge >= 0.3 is 0 Å². The summed E-state index contributed by atoms with van der Waals surface area (Å²) in [6.07, 6.45) is 0. The van der Waals surface area contributed by atoms with Crippen LogP contribution >= 0.6 is 11.8 Å². The van der Waals surface area contributed by atoms with Crippen molar-refractivity contribution in [2.75, 3.05) is 45.9 Å². The molecular weight excluding hydrogens is 268 g/mol. The normalized spacial score (nSPS) is 11.1. The van der Waals surface area contributed by atoms with E-state index in [9.17, 15) is 0 Å². The van der Waals surface area contributed by atoms with E-state index in [0.717, 1.165) is 16.7 Å². The highest BCUT2D eigenvalue weighted by Gasteiger charge is 2.06. The summed E-state index contributed by atoms with van der Waals surface area (Å²) in [7, 11) is 3.56. The Morgan fingerprint density at radius 3 is 2.42 bits per heavy atom. The Kier molecular flexibility index (Phi) is 8.76. The molecule has 0 saturated carbocycles. The quantitative estimate of drug-likeness (QED) is 0.455. The molecule has 0 aromatic carbocycles. The first-order valence-electron chi connectivity index (χ1n) is 6.15. The van der Waals surface area contributed by atoms with Crippen LogP contribution < -0.4 is 5.73 Å². The van der Waals surface area contributed by atoms with Gasteiger partial charge in [-0.2, -0.15) is 0 Å². The van der Waals surface area contributed by atoms with Crippen LogP contribution in [0, 0.1) is 0 Å². The van der Waals surface area contributed by atoms with E-state index in [-0.39, 0.29) is 0 Å². The Morgan fingerprint density at radius 1 is 1.11 bits per heavy atom. The van der Waals surface area contributed by atoms with E-state index in [2.05, 4.69) is 10.2 Å². The molecule has 0 radical (unpaired) electrons. The summed E-state index contributed by atoms with van der Waals surface area (Å²) in [4.78, 5) is 0. The molecule has 0 aliphatic rings. The van der Waals surface area contributed by atoms with Crippen LogP contribution in [0.15, 0.2) is 5.16 Å². The lowest BCUT2D eigenvalue weighted by molar-refractivity contribution is 0.0286. The van der Waals surface area contributed by atoms with Crippen LogP contribution in [0.1, 0.15) is 5.82 Å². The Hall–Kier alpha value is -0.670. The third-order valence-electron chi connectivity index (χ3n) is 2.37. The average molecular weight is 290 g/mol. The number of aromatic nitrogens is 3. The number of ether oxygens (including phenoxy) is 3. The second kappa shape index (κ2) is 10.2. The second-order valence-electron chi connectivity index (χ2n) is 3.73. The topological polar surface area (TPSA) is 84.4 Å². The molecule has 0 amide bonds. The molecule has 7 nitrogen and oxygen atoms in total. The van der Waals surface area contributed by atoms with E-state index < -0.39 is 0 Å². The molecule has 0 saturated heterocycles. The summed E-state index contributed by atoms with van der Waals surface area (Å²) in [6.45, 7) is 3.47. The van der Waals surface area contributed by atoms with Crippen LogP contribution in [0.3, 0.4) is 0 Å². The van der Waals surface area contributed by atoms with E-state index in [1.165, 1.54) is 0 Å². The van der Waals surface area contributed by atoms with Crippen LogP contribution in [-0.2, 0) is 27.8 Å². The lowest BCUT2D eigenvalue weighted by atomic mass is 10.6. The van der Waals surface area contributed by atoms with Crippen molar-refractivity contribution in [3.05, 3.63) is 5.82 Å². The minimum atomic E-state index is 0.402. The first-order chi connectivity index (χ1) is 9.29. The molecule has 0 aliphatic heterocycles. The van der Waals surface area contributed by atoms with Crippen molar-refractivity contribution in [2.24, 2.45) is 12.8 Å². The highest BCUT2D eigenvalue weighted by atomic mass is 32.2. The number of rotatable bonds is 11. The van der Waals surface area contributed by atoms with Crippen molar-refractivity contribution in [2.45, 2.75) is 11.7 Å². The van der Waals surface area contributed by atoms with Crippen molar-refractivity contribution in [1.82, 2.24) is 14.8 Å². The highest BCUT2D eigenvalue weighted by molar-refractivity contribution is 7.99. The van der Waals surface area contributed by atoms with E-state index in [0.29, 0.717) is 39.6 Å². The standard InChI is InChI=1S/C11H22N4O3S/c1-15-10(9-12)13-14-11(15)19-8-7-18-6-5-17-4-3-16-2/h3-9,12H2,1-2H3. The predicted molar refractivity (Wildman–Crippen MR) is 73.1 cm³/mol. The number of nitrogens with two attached hydrogens (primary N) is 1. The Labute approximate surface area is 117 Å². The van der Waals surface area contributed by atoms with Crippen LogP contribution in [0.25, 0.3) is 0 Å². The summed E-state index contributed by atoms with van der Waals surface area (Å²) in [5, 5.41) is 8.90. The third-order valence-corrected chi connectivity index (χ3v) is 3.35. The van der Waals surface area contributed by atoms with E-state index in [1.54, 1.807) is 18.9 Å². The van der Waals surface area contributed by atoms with Gasteiger partial charge in [-0.25, -0.2) is 0 Å². The van der Waals surface area contributed by atoms with E-state index in [1.807, 2.05) is 11.6 Å². The first kappa shape index (κ1) is 16.4. The third kappa shape index (κ3) is 6.35. The van der Waals surface area contributed by atoms with Gasteiger partial charge in [-0.15, -0.1) is 10.2 Å². The molecule has 0 spiro atoms. The van der Waals surface area contributed by atoms with Crippen molar-refractivity contribution < 1.29 is 14.2 Å². The predicted octanol–water partition coefficient (Wildman–Crippen LogP) is 0.0455. The van der Waals surface area contributed by atoms with Gasteiger partial charge in [0.25, 0.3) is 0 Å². The molecule has 1 aromatic heterocycles. The molecule has 2 N–H and O–H groups in total. The van der Waals surface area contributed by atoms with Crippen LogP contribution in [0.5, 0.6) is 0 Å². The van der Waals surface area contributed by atoms with E-state index in [4.69, 9.17) is 19.9 Å². The van der Waals surface area contributed by atoms with Crippen LogP contribution in [0.2, 0.25) is 0 Å². The average Bonchev–Trinajstić information content (AvgIpc) is 2.78. The maximum atomic E-state index is 5.53. The minimum Gasteiger partial charge on any atom is -0.382 e. The van der Waals surface area contributed by atoms with Gasteiger partial charge in [-0.05, 0) is 0 Å². The van der Waals surface area contributed by atoms with E-state index >= 15 is 0 Å². The Balaban J connectivity index is 2.00. The van der Waals surface area contributed by atoms with Gasteiger partial charge in [0.15, 0.2) is 5.16 Å². The summed E-state index contributed by atoms with van der Waals surface area (Å²) in [5.74, 6) is 1.61. The fourth-order valence-corrected chi connectivity index (χ4v) is 2.09. The fourth-order valence-electron chi connectivity index (χ4n) is 1.30. The molecule has 1 rings (SSSR count). The van der Waals surface area contributed by atoms with Crippen molar-refractivity contribution in [3.8, 4) is 0 Å². The van der Waals surface area contributed by atoms with Crippen LogP contribution in [0.4, 0.5) is 0 Å². The van der Waals surface area contributed by atoms with Gasteiger partial charge < -0.3 is 24.5 Å². The molecule has 8 heteroatoms. The Morgan fingerprint density at radius 2 is 1.79 bits per heavy atom. The zero-order valence-electron chi connectivity index (χ0n) is 11.5. The zero-order chi connectivity index (χ0) is 13.9. The molecular formula is C11H22N4O3S. The van der Waals surface area contributed by atoms with Gasteiger partial charge in [0.05, 0.1) is 39.6 Å². The molecule has 0 fully saturated rings. The number of hydrogen-bond acceptors (Lipinski definition) is 7. The molecule has 1 heterocycles. The van der Waals surface area contributed by atoms with Crippen molar-refractivity contribution in [3.63, 3.8) is 0 Å². The molecule has 0 aliphatic carbocycles. The maximum Gasteiger partial charge on any atom is 0.191 e. The number of methoxy groups -OCH3 is 1. The lowest BCUT2D eigenvalue weighted by Gasteiger charge is -2.05. The number of thioether (sulfide) groups is 1. The molecule has 19 heavy (non-hydrogen) atoms. The van der Waals surface area contributed by atoms with Gasteiger partial charge in [0.2, 0.25) is 0 Å². The monoisotopic (exact) mass is 290 g/mol. The van der Waals surface area contributed by atoms with Gasteiger partial charge in [-0.3, -0.25) is 0 Å². The van der Waals surface area contributed by atoms with Crippen molar-refractivity contribution >= 4 is 11.8 Å². The van der Waals surface area contributed by atoms with Crippen LogP contribution in [-0.4, -0.2) is 60.7 Å². The summed E-state index contributed by atoms with van der Waals surface area (Å²) >= 11 is 1.60. The minimum absolute atomic E-state index is 0.402. The summed E-state index contributed by atoms with van der Waals surface area (Å²) < 4.78 is 17.5. The summed E-state index contributed by atoms with van der Waals surface area (Å²) in [6, 6.07) is 0. The lowest BCUT2D eigenvalue weighted by Crippen LogP contribution is -2.09. The molecule has 0 bridgehead atoms. The van der Waals surface area contributed by atoms with Crippen molar-refractivity contribution in [1.29, 1.82) is 0 Å². The Bertz CT molecular complexity index is 349.